The molecule has 2 amide bonds. The molecule has 3 aromatic rings. The van der Waals surface area contributed by atoms with Crippen LogP contribution in [-0.4, -0.2) is 30.4 Å². The Balaban J connectivity index is 1.23. The van der Waals surface area contributed by atoms with Crippen LogP contribution in [0.3, 0.4) is 0 Å². The van der Waals surface area contributed by atoms with Crippen LogP contribution in [0.4, 0.5) is 13.2 Å². The molecule has 6 nitrogen and oxygen atoms in total. The van der Waals surface area contributed by atoms with Gasteiger partial charge in [0, 0.05) is 24.2 Å². The van der Waals surface area contributed by atoms with Crippen LogP contribution in [0.15, 0.2) is 78.9 Å². The van der Waals surface area contributed by atoms with Crippen molar-refractivity contribution in [1.82, 2.24) is 16.0 Å². The zero-order chi connectivity index (χ0) is 27.7. The minimum absolute atomic E-state index is 0.0656. The van der Waals surface area contributed by atoms with E-state index in [2.05, 4.69) is 16.0 Å². The third-order valence-electron chi connectivity index (χ3n) is 6.71. The van der Waals surface area contributed by atoms with Crippen molar-refractivity contribution in [2.75, 3.05) is 6.54 Å². The van der Waals surface area contributed by atoms with Crippen molar-refractivity contribution in [2.45, 2.75) is 57.1 Å². The third-order valence-corrected chi connectivity index (χ3v) is 6.71. The molecule has 1 fully saturated rings. The molecule has 0 bridgehead atoms. The molecule has 0 saturated heterocycles. The first kappa shape index (κ1) is 28.2. The minimum Gasteiger partial charge on any atom is -0.489 e. The number of benzene rings is 3. The van der Waals surface area contributed by atoms with Gasteiger partial charge in [0.1, 0.15) is 12.4 Å². The fraction of sp³-hybridized carbons (Fsp3) is 0.333. The van der Waals surface area contributed by atoms with Crippen molar-refractivity contribution < 1.29 is 27.5 Å². The molecule has 2 atom stereocenters. The minimum atomic E-state index is -4.55. The van der Waals surface area contributed by atoms with Crippen LogP contribution in [0.5, 0.6) is 5.75 Å². The zero-order valence-corrected chi connectivity index (χ0v) is 21.5. The Labute approximate surface area is 226 Å². The smallest absolute Gasteiger partial charge is 0.416 e. The Morgan fingerprint density at radius 2 is 1.56 bits per heavy atom. The second kappa shape index (κ2) is 13.3. The Bertz CT molecular complexity index is 1230. The van der Waals surface area contributed by atoms with E-state index in [1.165, 1.54) is 12.1 Å². The van der Waals surface area contributed by atoms with Crippen molar-refractivity contribution in [1.29, 1.82) is 0 Å². The van der Waals surface area contributed by atoms with Crippen LogP contribution in [0.25, 0.3) is 0 Å². The molecule has 206 valence electrons. The van der Waals surface area contributed by atoms with Crippen LogP contribution in [0.2, 0.25) is 0 Å². The zero-order valence-electron chi connectivity index (χ0n) is 21.5. The van der Waals surface area contributed by atoms with Crippen molar-refractivity contribution in [2.24, 2.45) is 0 Å². The fourth-order valence-corrected chi connectivity index (χ4v) is 4.60. The molecule has 1 saturated carbocycles. The maximum Gasteiger partial charge on any atom is 0.416 e. The van der Waals surface area contributed by atoms with Gasteiger partial charge in [0.15, 0.2) is 0 Å². The predicted octanol–water partition coefficient (Wildman–Crippen LogP) is 5.23. The summed E-state index contributed by atoms with van der Waals surface area (Å²) < 4.78 is 44.6. The highest BCUT2D eigenvalue weighted by Crippen LogP contribution is 2.29. The number of amides is 2. The van der Waals surface area contributed by atoms with Crippen LogP contribution in [0.1, 0.15) is 52.7 Å². The lowest BCUT2D eigenvalue weighted by molar-refractivity contribution is -0.137. The maximum atomic E-state index is 12.9. The predicted molar refractivity (Wildman–Crippen MR) is 142 cm³/mol. The van der Waals surface area contributed by atoms with Gasteiger partial charge in [-0.3, -0.25) is 9.59 Å². The standard InChI is InChI=1S/C30H32F3N3O3/c31-30(32,33)24-10-6-9-23(17-24)29(38)35-19-28(37)36-27-12-5-4-11-26(27)34-18-21-13-15-25(16-14-21)39-20-22-7-2-1-3-8-22/h1-3,6-10,13-17,26-27,34H,4-5,11-12,18-20H2,(H,35,38)(H,36,37)/t26-,27-/m0/s1. The summed E-state index contributed by atoms with van der Waals surface area (Å²) in [6.07, 6.45) is -0.818. The summed E-state index contributed by atoms with van der Waals surface area (Å²) in [5, 5.41) is 8.92. The number of rotatable bonds is 10. The number of halogens is 3. The van der Waals surface area contributed by atoms with Gasteiger partial charge in [-0.25, -0.2) is 0 Å². The second-order valence-corrected chi connectivity index (χ2v) is 9.63. The molecule has 0 heterocycles. The molecule has 0 aromatic heterocycles. The molecule has 9 heteroatoms. The monoisotopic (exact) mass is 539 g/mol. The molecule has 1 aliphatic rings. The Hall–Kier alpha value is -3.85. The highest BCUT2D eigenvalue weighted by molar-refractivity contribution is 5.96. The van der Waals surface area contributed by atoms with Gasteiger partial charge in [0.2, 0.25) is 5.91 Å². The number of hydrogen-bond acceptors (Lipinski definition) is 4. The first-order chi connectivity index (χ1) is 18.8. The van der Waals surface area contributed by atoms with Crippen LogP contribution in [0, 0.1) is 0 Å². The van der Waals surface area contributed by atoms with E-state index < -0.39 is 17.6 Å². The normalized spacial score (nSPS) is 17.3. The number of carbonyl (C=O) groups excluding carboxylic acids is 2. The highest BCUT2D eigenvalue weighted by atomic mass is 19.4. The topological polar surface area (TPSA) is 79.5 Å². The number of nitrogens with one attached hydrogen (secondary N) is 3. The van der Waals surface area contributed by atoms with Gasteiger partial charge in [0.05, 0.1) is 12.1 Å². The molecule has 0 radical (unpaired) electrons. The molecule has 4 rings (SSSR count). The average molecular weight is 540 g/mol. The van der Waals surface area contributed by atoms with E-state index >= 15 is 0 Å². The molecule has 1 aliphatic carbocycles. The van der Waals surface area contributed by atoms with E-state index in [9.17, 15) is 22.8 Å². The van der Waals surface area contributed by atoms with Crippen molar-refractivity contribution >= 4 is 11.8 Å². The molecule has 3 aromatic carbocycles. The fourth-order valence-electron chi connectivity index (χ4n) is 4.60. The van der Waals surface area contributed by atoms with Gasteiger partial charge in [-0.1, -0.05) is 61.4 Å². The summed E-state index contributed by atoms with van der Waals surface area (Å²) in [7, 11) is 0. The summed E-state index contributed by atoms with van der Waals surface area (Å²) in [4.78, 5) is 24.8. The van der Waals surface area contributed by atoms with E-state index in [1.807, 2.05) is 54.6 Å². The molecular weight excluding hydrogens is 507 g/mol. The largest absolute Gasteiger partial charge is 0.489 e. The van der Waals surface area contributed by atoms with E-state index in [-0.39, 0.29) is 30.1 Å². The lowest BCUT2D eigenvalue weighted by atomic mass is 9.90. The summed E-state index contributed by atoms with van der Waals surface area (Å²) >= 11 is 0. The van der Waals surface area contributed by atoms with Crippen molar-refractivity contribution in [3.63, 3.8) is 0 Å². The average Bonchev–Trinajstić information content (AvgIpc) is 2.95. The number of alkyl halides is 3. The lowest BCUT2D eigenvalue weighted by Crippen LogP contribution is -2.53. The number of ether oxygens (including phenoxy) is 1. The quantitative estimate of drug-likeness (QED) is 0.330. The van der Waals surface area contributed by atoms with Gasteiger partial charge < -0.3 is 20.7 Å². The molecule has 0 unspecified atom stereocenters. The number of carbonyl (C=O) groups is 2. The lowest BCUT2D eigenvalue weighted by Gasteiger charge is -2.33. The Kier molecular flexibility index (Phi) is 9.59. The molecule has 3 N–H and O–H groups in total. The summed E-state index contributed by atoms with van der Waals surface area (Å²) in [5.41, 5.74) is 1.13. The van der Waals surface area contributed by atoms with Crippen LogP contribution >= 0.6 is 0 Å². The molecule has 0 spiro atoms. The van der Waals surface area contributed by atoms with Gasteiger partial charge in [0.25, 0.3) is 5.91 Å². The van der Waals surface area contributed by atoms with E-state index in [1.54, 1.807) is 0 Å². The van der Waals surface area contributed by atoms with Gasteiger partial charge in [-0.05, 0) is 54.3 Å². The van der Waals surface area contributed by atoms with E-state index in [4.69, 9.17) is 4.74 Å². The van der Waals surface area contributed by atoms with Gasteiger partial charge in [-0.15, -0.1) is 0 Å². The maximum absolute atomic E-state index is 12.9. The number of hydrogen-bond donors (Lipinski definition) is 3. The molecular formula is C30H32F3N3O3. The summed E-state index contributed by atoms with van der Waals surface area (Å²) in [5.74, 6) is -0.322. The van der Waals surface area contributed by atoms with Crippen LogP contribution in [-0.2, 0) is 24.1 Å². The highest BCUT2D eigenvalue weighted by Gasteiger charge is 2.31. The SMILES string of the molecule is O=C(CNC(=O)c1cccc(C(F)(F)F)c1)N[C@H]1CCCC[C@@H]1NCc1ccc(OCc2ccccc2)cc1. The second-order valence-electron chi connectivity index (χ2n) is 9.63. The first-order valence-electron chi connectivity index (χ1n) is 13.0. The third kappa shape index (κ3) is 8.58. The molecule has 39 heavy (non-hydrogen) atoms. The van der Waals surface area contributed by atoms with E-state index in [0.717, 1.165) is 54.7 Å². The summed E-state index contributed by atoms with van der Waals surface area (Å²) in [6.45, 7) is 0.813. The summed E-state index contributed by atoms with van der Waals surface area (Å²) in [6, 6.07) is 21.9. The van der Waals surface area contributed by atoms with Crippen molar-refractivity contribution in [3.05, 3.63) is 101 Å². The van der Waals surface area contributed by atoms with E-state index in [0.29, 0.717) is 13.2 Å². The Morgan fingerprint density at radius 3 is 2.28 bits per heavy atom. The van der Waals surface area contributed by atoms with Crippen molar-refractivity contribution in [3.8, 4) is 5.75 Å². The molecule has 0 aliphatic heterocycles. The van der Waals surface area contributed by atoms with Gasteiger partial charge >= 0.3 is 6.18 Å². The Morgan fingerprint density at radius 1 is 0.846 bits per heavy atom. The van der Waals surface area contributed by atoms with Gasteiger partial charge in [-0.2, -0.15) is 13.2 Å². The van der Waals surface area contributed by atoms with Crippen LogP contribution < -0.4 is 20.7 Å². The first-order valence-corrected chi connectivity index (χ1v) is 13.0.